The Morgan fingerprint density at radius 2 is 1.55 bits per heavy atom. The summed E-state index contributed by atoms with van der Waals surface area (Å²) in [6.45, 7) is 1.94. The van der Waals surface area contributed by atoms with E-state index in [9.17, 15) is 8.42 Å². The highest BCUT2D eigenvalue weighted by Gasteiger charge is 2.20. The predicted octanol–water partition coefficient (Wildman–Crippen LogP) is 5.47. The first-order valence-electron chi connectivity index (χ1n) is 9.96. The van der Waals surface area contributed by atoms with Crippen LogP contribution in [0.5, 0.6) is 5.75 Å². The van der Waals surface area contributed by atoms with Crippen molar-refractivity contribution in [2.75, 3.05) is 12.9 Å². The molecule has 0 saturated heterocycles. The zero-order valence-electron chi connectivity index (χ0n) is 17.7. The summed E-state index contributed by atoms with van der Waals surface area (Å²) in [5.74, 6) is 2.35. The molecule has 0 bridgehead atoms. The van der Waals surface area contributed by atoms with Crippen LogP contribution in [0.25, 0.3) is 0 Å². The van der Waals surface area contributed by atoms with Crippen molar-refractivity contribution in [3.63, 3.8) is 0 Å². The Balaban J connectivity index is 1.62. The number of aryl methyl sites for hydroxylation is 1. The number of hydrogen-bond donors (Lipinski definition) is 1. The maximum Gasteiger partial charge on any atom is 0.240 e. The third-order valence-electron chi connectivity index (χ3n) is 4.72. The van der Waals surface area contributed by atoms with Gasteiger partial charge in [-0.3, -0.25) is 0 Å². The van der Waals surface area contributed by atoms with Gasteiger partial charge in [0.15, 0.2) is 0 Å². The first kappa shape index (κ1) is 23.7. The largest absolute Gasteiger partial charge is 0.497 e. The van der Waals surface area contributed by atoms with Gasteiger partial charge in [0.05, 0.1) is 12.0 Å². The van der Waals surface area contributed by atoms with Gasteiger partial charge in [0.25, 0.3) is 0 Å². The smallest absolute Gasteiger partial charge is 0.240 e. The predicted molar refractivity (Wildman–Crippen MR) is 132 cm³/mol. The summed E-state index contributed by atoms with van der Waals surface area (Å²) in [6.07, 6.45) is 0.641. The fraction of sp³-hybridized carbons (Fsp3) is 0.250. The van der Waals surface area contributed by atoms with Crippen LogP contribution in [0, 0.1) is 6.92 Å². The lowest BCUT2D eigenvalue weighted by atomic mass is 10.1. The highest BCUT2D eigenvalue weighted by Crippen LogP contribution is 2.28. The minimum atomic E-state index is -3.58. The lowest BCUT2D eigenvalue weighted by Gasteiger charge is -2.19. The molecule has 0 spiro atoms. The molecule has 0 amide bonds. The van der Waals surface area contributed by atoms with Gasteiger partial charge >= 0.3 is 0 Å². The van der Waals surface area contributed by atoms with Crippen molar-refractivity contribution >= 4 is 31.6 Å². The lowest BCUT2D eigenvalue weighted by molar-refractivity contribution is 0.414. The first-order chi connectivity index (χ1) is 15.0. The fourth-order valence-corrected chi connectivity index (χ4v) is 6.65. The van der Waals surface area contributed by atoms with E-state index in [4.69, 9.17) is 4.74 Å². The number of rotatable bonds is 11. The van der Waals surface area contributed by atoms with Gasteiger partial charge in [-0.1, -0.05) is 81.7 Å². The zero-order valence-corrected chi connectivity index (χ0v) is 20.1. The second kappa shape index (κ2) is 11.6. The van der Waals surface area contributed by atoms with E-state index >= 15 is 0 Å². The van der Waals surface area contributed by atoms with Gasteiger partial charge in [0.1, 0.15) is 5.75 Å². The number of methoxy groups -OCH3 is 1. The summed E-state index contributed by atoms with van der Waals surface area (Å²) < 4.78 is 33.9. The molecular formula is C24H27NO3S3. The Morgan fingerprint density at radius 3 is 2.19 bits per heavy atom. The van der Waals surface area contributed by atoms with Crippen LogP contribution in [0.1, 0.15) is 16.7 Å². The van der Waals surface area contributed by atoms with Crippen molar-refractivity contribution < 1.29 is 13.2 Å². The maximum atomic E-state index is 12.9. The Kier molecular flexibility index (Phi) is 8.90. The third-order valence-corrected chi connectivity index (χ3v) is 8.67. The van der Waals surface area contributed by atoms with Crippen molar-refractivity contribution in [3.8, 4) is 5.75 Å². The molecule has 0 fully saturated rings. The molecule has 31 heavy (non-hydrogen) atoms. The van der Waals surface area contributed by atoms with Crippen LogP contribution in [0.4, 0.5) is 0 Å². The molecule has 0 radical (unpaired) electrons. The average Bonchev–Trinajstić information content (AvgIpc) is 2.78. The molecule has 0 heterocycles. The number of nitrogens with one attached hydrogen (secondary N) is 1. The van der Waals surface area contributed by atoms with Crippen LogP contribution in [0.3, 0.4) is 0 Å². The molecule has 0 saturated carbocycles. The summed E-state index contributed by atoms with van der Waals surface area (Å²) in [5, 5.41) is 0. The van der Waals surface area contributed by atoms with Gasteiger partial charge in [0, 0.05) is 17.5 Å². The molecule has 0 aliphatic carbocycles. The van der Waals surface area contributed by atoms with Crippen LogP contribution in [-0.4, -0.2) is 27.3 Å². The highest BCUT2D eigenvalue weighted by molar-refractivity contribution is 8.76. The van der Waals surface area contributed by atoms with Crippen molar-refractivity contribution in [3.05, 3.63) is 95.6 Å². The molecule has 7 heteroatoms. The Hall–Kier alpha value is -1.93. The molecule has 0 aliphatic heterocycles. The van der Waals surface area contributed by atoms with E-state index in [1.54, 1.807) is 40.8 Å². The molecule has 4 nitrogen and oxygen atoms in total. The molecule has 164 valence electrons. The molecule has 1 atom stereocenters. The summed E-state index contributed by atoms with van der Waals surface area (Å²) in [6, 6.07) is 24.7. The van der Waals surface area contributed by atoms with Crippen molar-refractivity contribution in [1.29, 1.82) is 0 Å². The van der Waals surface area contributed by atoms with Gasteiger partial charge in [-0.05, 0) is 48.7 Å². The number of sulfonamides is 1. The molecule has 3 rings (SSSR count). The fourth-order valence-electron chi connectivity index (χ4n) is 3.00. The summed E-state index contributed by atoms with van der Waals surface area (Å²) in [7, 11) is 1.48. The van der Waals surface area contributed by atoms with Crippen molar-refractivity contribution in [1.82, 2.24) is 4.72 Å². The van der Waals surface area contributed by atoms with E-state index in [0.29, 0.717) is 17.1 Å². The topological polar surface area (TPSA) is 55.4 Å². The van der Waals surface area contributed by atoms with E-state index in [1.165, 1.54) is 5.56 Å². The van der Waals surface area contributed by atoms with Crippen molar-refractivity contribution in [2.24, 2.45) is 0 Å². The minimum absolute atomic E-state index is 0.206. The van der Waals surface area contributed by atoms with E-state index in [2.05, 4.69) is 4.72 Å². The molecule has 0 unspecified atom stereocenters. The Labute approximate surface area is 193 Å². The van der Waals surface area contributed by atoms with E-state index in [0.717, 1.165) is 22.6 Å². The highest BCUT2D eigenvalue weighted by atomic mass is 33.1. The summed E-state index contributed by atoms with van der Waals surface area (Å²) in [5.41, 5.74) is 3.35. The molecule has 3 aromatic rings. The van der Waals surface area contributed by atoms with Gasteiger partial charge < -0.3 is 4.74 Å². The molecule has 0 aromatic heterocycles. The molecule has 1 N–H and O–H groups in total. The van der Waals surface area contributed by atoms with Gasteiger partial charge in [0.2, 0.25) is 10.0 Å². The van der Waals surface area contributed by atoms with Gasteiger partial charge in [-0.2, -0.15) is 0 Å². The standard InChI is InChI=1S/C24H27NO3S3/c1-19-8-14-24(15-9-19)31(26,27)25-22(16-20-6-4-3-5-7-20)18-30-29-17-21-10-12-23(28-2)13-11-21/h3-15,22,25H,16-18H2,1-2H3/t22-/m0/s1. The zero-order chi connectivity index (χ0) is 22.1. The normalized spacial score (nSPS) is 12.5. The quantitative estimate of drug-likeness (QED) is 0.295. The van der Waals surface area contributed by atoms with E-state index < -0.39 is 10.0 Å². The number of ether oxygens (including phenoxy) is 1. The average molecular weight is 474 g/mol. The lowest BCUT2D eigenvalue weighted by Crippen LogP contribution is -2.38. The van der Waals surface area contributed by atoms with Crippen LogP contribution in [-0.2, 0) is 22.2 Å². The van der Waals surface area contributed by atoms with Gasteiger partial charge in [-0.25, -0.2) is 13.1 Å². The third kappa shape index (κ3) is 7.61. The molecule has 0 aliphatic rings. The molecule has 3 aromatic carbocycles. The second-order valence-electron chi connectivity index (χ2n) is 7.22. The monoisotopic (exact) mass is 473 g/mol. The minimum Gasteiger partial charge on any atom is -0.497 e. The number of hydrogen-bond acceptors (Lipinski definition) is 5. The van der Waals surface area contributed by atoms with E-state index in [-0.39, 0.29) is 6.04 Å². The van der Waals surface area contributed by atoms with Crippen LogP contribution >= 0.6 is 21.6 Å². The van der Waals surface area contributed by atoms with Crippen LogP contribution in [0.2, 0.25) is 0 Å². The Morgan fingerprint density at radius 1 is 0.871 bits per heavy atom. The Bertz CT molecular complexity index is 1040. The number of benzene rings is 3. The van der Waals surface area contributed by atoms with Crippen LogP contribution in [0.15, 0.2) is 83.8 Å². The van der Waals surface area contributed by atoms with Gasteiger partial charge in [-0.15, -0.1) is 0 Å². The second-order valence-corrected chi connectivity index (χ2v) is 11.4. The first-order valence-corrected chi connectivity index (χ1v) is 13.9. The van der Waals surface area contributed by atoms with E-state index in [1.807, 2.05) is 73.7 Å². The summed E-state index contributed by atoms with van der Waals surface area (Å²) in [4.78, 5) is 0.298. The molecular weight excluding hydrogens is 446 g/mol. The van der Waals surface area contributed by atoms with Crippen LogP contribution < -0.4 is 9.46 Å². The van der Waals surface area contributed by atoms with Crippen molar-refractivity contribution in [2.45, 2.75) is 30.0 Å². The SMILES string of the molecule is COc1ccc(CSSC[C@H](Cc2ccccc2)NS(=O)(=O)c2ccc(C)cc2)cc1. The maximum absolute atomic E-state index is 12.9. The summed E-state index contributed by atoms with van der Waals surface area (Å²) >= 11 is 0.